The SMILES string of the molecule is CC1(C)C(O)[C@@]1(O)[C@H]1O[C@@]2(O)C(C)(C)[C@@]2(O)[C@@]1(O)[C@@H]1SCCCS1=O. The Hall–Kier alpha value is 0.260. The number of aliphatic hydroxyl groups excluding tert-OH is 1. The predicted octanol–water partition coefficient (Wildman–Crippen LogP) is -1.08. The zero-order valence-electron chi connectivity index (χ0n) is 14.7. The van der Waals surface area contributed by atoms with Crippen LogP contribution in [0.3, 0.4) is 0 Å². The van der Waals surface area contributed by atoms with E-state index >= 15 is 0 Å². The smallest absolute Gasteiger partial charge is 0.207 e. The quantitative estimate of drug-likeness (QED) is 0.400. The van der Waals surface area contributed by atoms with Crippen molar-refractivity contribution in [3.63, 3.8) is 0 Å². The Kier molecular flexibility index (Phi) is 3.45. The summed E-state index contributed by atoms with van der Waals surface area (Å²) in [7, 11) is -1.47. The van der Waals surface area contributed by atoms with Gasteiger partial charge in [0.2, 0.25) is 5.79 Å². The summed E-state index contributed by atoms with van der Waals surface area (Å²) >= 11 is 1.25. The zero-order valence-corrected chi connectivity index (χ0v) is 16.4. The van der Waals surface area contributed by atoms with Crippen LogP contribution >= 0.6 is 11.8 Å². The molecule has 4 aliphatic rings. The second-order valence-electron chi connectivity index (χ2n) is 8.89. The van der Waals surface area contributed by atoms with E-state index in [1.54, 1.807) is 27.7 Å². The highest BCUT2D eigenvalue weighted by molar-refractivity contribution is 8.12. The molecule has 0 spiro atoms. The van der Waals surface area contributed by atoms with E-state index in [1.807, 2.05) is 0 Å². The van der Waals surface area contributed by atoms with Crippen molar-refractivity contribution >= 4 is 22.6 Å². The summed E-state index contributed by atoms with van der Waals surface area (Å²) in [6.07, 6.45) is -1.92. The topological polar surface area (TPSA) is 127 Å². The summed E-state index contributed by atoms with van der Waals surface area (Å²) in [6, 6.07) is 0. The molecule has 0 amide bonds. The van der Waals surface area contributed by atoms with Gasteiger partial charge in [-0.15, -0.1) is 11.8 Å². The van der Waals surface area contributed by atoms with Gasteiger partial charge in [-0.05, 0) is 12.2 Å². The monoisotopic (exact) mass is 394 g/mol. The molecule has 0 aromatic heterocycles. The van der Waals surface area contributed by atoms with Gasteiger partial charge in [-0.25, -0.2) is 0 Å². The van der Waals surface area contributed by atoms with Crippen LogP contribution in [0.5, 0.6) is 0 Å². The molecule has 7 nitrogen and oxygen atoms in total. The van der Waals surface area contributed by atoms with Crippen LogP contribution in [0.2, 0.25) is 0 Å². The van der Waals surface area contributed by atoms with Crippen molar-refractivity contribution < 1.29 is 34.5 Å². The van der Waals surface area contributed by atoms with E-state index in [2.05, 4.69) is 0 Å². The van der Waals surface area contributed by atoms with Gasteiger partial charge in [0, 0.05) is 22.0 Å². The third kappa shape index (κ3) is 1.58. The van der Waals surface area contributed by atoms with Crippen molar-refractivity contribution in [1.82, 2.24) is 0 Å². The van der Waals surface area contributed by atoms with Gasteiger partial charge in [-0.1, -0.05) is 27.7 Å². The second kappa shape index (κ2) is 4.63. The molecule has 4 fully saturated rings. The fourth-order valence-electron chi connectivity index (χ4n) is 5.09. The van der Waals surface area contributed by atoms with E-state index in [0.29, 0.717) is 11.5 Å². The standard InChI is InChI=1S/C16H26O7S2/c1-11(2)8(17)13(11,18)9-14(19,10-24-6-5-7-25(10)22)15(20)12(3,4)16(15,21)23-9/h8-10,17-21H,5-7H2,1-4H3/t8?,9-,10-,13-,14+,15-,16+,25?/m1/s1. The molecule has 9 heteroatoms. The number of ether oxygens (including phenoxy) is 1. The molecule has 5 N–H and O–H groups in total. The number of thioether (sulfide) groups is 1. The minimum Gasteiger partial charge on any atom is -0.389 e. The second-order valence-corrected chi connectivity index (χ2v) is 12.0. The third-order valence-electron chi connectivity index (χ3n) is 7.25. The van der Waals surface area contributed by atoms with Gasteiger partial charge in [0.05, 0.1) is 11.5 Å². The molecule has 2 saturated carbocycles. The Labute approximate surface area is 153 Å². The van der Waals surface area contributed by atoms with Gasteiger partial charge in [0.15, 0.2) is 11.2 Å². The minimum absolute atomic E-state index is 0.367. The highest BCUT2D eigenvalue weighted by Gasteiger charge is 3.01. The molecule has 2 aliphatic heterocycles. The molecule has 8 atom stereocenters. The molecule has 25 heavy (non-hydrogen) atoms. The molecular weight excluding hydrogens is 368 g/mol. The van der Waals surface area contributed by atoms with E-state index in [9.17, 15) is 29.7 Å². The lowest BCUT2D eigenvalue weighted by Gasteiger charge is -2.45. The lowest BCUT2D eigenvalue weighted by Crippen LogP contribution is -2.66. The summed E-state index contributed by atoms with van der Waals surface area (Å²) in [6.45, 7) is 6.36. The van der Waals surface area contributed by atoms with Crippen LogP contribution in [-0.2, 0) is 15.5 Å². The molecule has 2 aliphatic carbocycles. The average Bonchev–Trinajstić information content (AvgIpc) is 3.02. The number of hydrogen-bond acceptors (Lipinski definition) is 8. The Bertz CT molecular complexity index is 669. The molecule has 4 rings (SSSR count). The van der Waals surface area contributed by atoms with Gasteiger partial charge < -0.3 is 30.3 Å². The Balaban J connectivity index is 1.86. The van der Waals surface area contributed by atoms with Crippen LogP contribution in [-0.4, -0.2) is 80.6 Å². The van der Waals surface area contributed by atoms with Gasteiger partial charge in [0.1, 0.15) is 16.3 Å². The molecule has 2 heterocycles. The first-order valence-electron chi connectivity index (χ1n) is 8.50. The van der Waals surface area contributed by atoms with E-state index in [4.69, 9.17) is 4.74 Å². The van der Waals surface area contributed by atoms with Crippen LogP contribution in [0.4, 0.5) is 0 Å². The maximum atomic E-state index is 12.7. The van der Waals surface area contributed by atoms with Crippen LogP contribution in [0.15, 0.2) is 0 Å². The van der Waals surface area contributed by atoms with Crippen LogP contribution in [0, 0.1) is 10.8 Å². The first kappa shape index (κ1) is 18.6. The average molecular weight is 395 g/mol. The van der Waals surface area contributed by atoms with Gasteiger partial charge in [-0.2, -0.15) is 0 Å². The van der Waals surface area contributed by atoms with Crippen molar-refractivity contribution in [3.8, 4) is 0 Å². The fourth-order valence-corrected chi connectivity index (χ4v) is 8.87. The van der Waals surface area contributed by atoms with Crippen LogP contribution in [0.25, 0.3) is 0 Å². The summed E-state index contributed by atoms with van der Waals surface area (Å²) in [5, 5.41) is 55.2. The van der Waals surface area contributed by atoms with Gasteiger partial charge in [-0.3, -0.25) is 4.21 Å². The van der Waals surface area contributed by atoms with E-state index in [1.165, 1.54) is 11.8 Å². The molecule has 2 saturated heterocycles. The molecule has 0 aromatic carbocycles. The molecule has 0 aromatic rings. The maximum Gasteiger partial charge on any atom is 0.207 e. The Morgan fingerprint density at radius 3 is 2.12 bits per heavy atom. The number of aliphatic hydroxyl groups is 5. The maximum absolute atomic E-state index is 12.7. The summed E-state index contributed by atoms with van der Waals surface area (Å²) in [5.74, 6) is -1.06. The highest BCUT2D eigenvalue weighted by Crippen LogP contribution is 2.79. The minimum atomic E-state index is -2.16. The number of rotatable bonds is 2. The van der Waals surface area contributed by atoms with Crippen LogP contribution in [0.1, 0.15) is 34.1 Å². The Morgan fingerprint density at radius 2 is 1.64 bits per heavy atom. The lowest BCUT2D eigenvalue weighted by atomic mass is 9.80. The van der Waals surface area contributed by atoms with Crippen molar-refractivity contribution in [3.05, 3.63) is 0 Å². The number of hydrogen-bond donors (Lipinski definition) is 5. The predicted molar refractivity (Wildman–Crippen MR) is 92.1 cm³/mol. The fraction of sp³-hybridized carbons (Fsp3) is 1.00. The Morgan fingerprint density at radius 1 is 1.08 bits per heavy atom. The van der Waals surface area contributed by atoms with E-state index in [-0.39, 0.29) is 0 Å². The summed E-state index contributed by atoms with van der Waals surface area (Å²) in [4.78, 5) is 0. The van der Waals surface area contributed by atoms with E-state index in [0.717, 1.165) is 6.42 Å². The van der Waals surface area contributed by atoms with Crippen molar-refractivity contribution in [2.75, 3.05) is 11.5 Å². The molecule has 0 bridgehead atoms. The summed E-state index contributed by atoms with van der Waals surface area (Å²) < 4.78 is 17.4. The third-order valence-corrected chi connectivity index (χ3v) is 11.0. The summed E-state index contributed by atoms with van der Waals surface area (Å²) in [5.41, 5.74) is -8.28. The van der Waals surface area contributed by atoms with Crippen molar-refractivity contribution in [1.29, 1.82) is 0 Å². The van der Waals surface area contributed by atoms with Gasteiger partial charge in [0.25, 0.3) is 0 Å². The van der Waals surface area contributed by atoms with E-state index < -0.39 is 61.0 Å². The highest BCUT2D eigenvalue weighted by atomic mass is 32.2. The molecule has 0 radical (unpaired) electrons. The van der Waals surface area contributed by atoms with Crippen molar-refractivity contribution in [2.45, 2.75) is 73.5 Å². The lowest BCUT2D eigenvalue weighted by molar-refractivity contribution is -0.225. The first-order valence-corrected chi connectivity index (χ1v) is 10.9. The molecule has 144 valence electrons. The van der Waals surface area contributed by atoms with Crippen molar-refractivity contribution in [2.24, 2.45) is 10.8 Å². The largest absolute Gasteiger partial charge is 0.389 e. The van der Waals surface area contributed by atoms with Crippen LogP contribution < -0.4 is 0 Å². The normalized spacial score (nSPS) is 61.6. The first-order chi connectivity index (χ1) is 11.3. The number of fused-ring (bicyclic) bond motifs is 1. The molecular formula is C16H26O7S2. The molecule has 2 unspecified atom stereocenters. The zero-order chi connectivity index (χ0) is 18.8. The van der Waals surface area contributed by atoms with Gasteiger partial charge >= 0.3 is 0 Å².